The second-order valence-electron chi connectivity index (χ2n) is 20.2. The van der Waals surface area contributed by atoms with E-state index in [2.05, 4.69) is 51.3 Å². The molecule has 0 N–H and O–H groups in total. The van der Waals surface area contributed by atoms with E-state index < -0.39 is 12.3 Å². The van der Waals surface area contributed by atoms with Crippen LogP contribution < -0.4 is 0 Å². The van der Waals surface area contributed by atoms with Gasteiger partial charge in [-0.3, -0.25) is 14.5 Å². The van der Waals surface area contributed by atoms with Crippen LogP contribution in [-0.2, 0) is 38.0 Å². The number of nitrogens with zero attached hydrogens (tertiary/aromatic N) is 2. The summed E-state index contributed by atoms with van der Waals surface area (Å²) in [7, 11) is 4.07. The fourth-order valence-corrected chi connectivity index (χ4v) is 8.79. The molecule has 0 rings (SSSR count). The molecule has 0 spiro atoms. The van der Waals surface area contributed by atoms with Crippen LogP contribution in [0.3, 0.4) is 0 Å². The van der Waals surface area contributed by atoms with Gasteiger partial charge in [0.05, 0.1) is 13.2 Å². The van der Waals surface area contributed by atoms with E-state index in [9.17, 15) is 19.2 Å². The second-order valence-corrected chi connectivity index (χ2v) is 20.2. The highest BCUT2D eigenvalue weighted by atomic mass is 16.7. The Bertz CT molecular complexity index is 1090. The van der Waals surface area contributed by atoms with Crippen LogP contribution in [0.15, 0.2) is 0 Å². The molecule has 0 bridgehead atoms. The van der Waals surface area contributed by atoms with E-state index in [1.54, 1.807) is 0 Å². The predicted molar refractivity (Wildman–Crippen MR) is 283 cm³/mol. The van der Waals surface area contributed by atoms with Crippen LogP contribution in [0.25, 0.3) is 0 Å². The van der Waals surface area contributed by atoms with Crippen LogP contribution in [-0.4, -0.2) is 113 Å². The minimum atomic E-state index is -0.694. The Balaban J connectivity index is 5.17. The zero-order chi connectivity index (χ0) is 51.0. The number of esters is 2. The van der Waals surface area contributed by atoms with Gasteiger partial charge in [0.25, 0.3) is 0 Å². The Morgan fingerprint density at radius 1 is 0.362 bits per heavy atom. The number of hydrogen-bond acceptors (Lipinski definition) is 12. The van der Waals surface area contributed by atoms with Crippen LogP contribution in [0.1, 0.15) is 253 Å². The summed E-state index contributed by atoms with van der Waals surface area (Å²) in [6, 6.07) is 0. The molecular formula is C57H110N2O10. The molecule has 0 fully saturated rings. The molecule has 12 nitrogen and oxygen atoms in total. The van der Waals surface area contributed by atoms with Crippen molar-refractivity contribution >= 4 is 24.2 Å². The molecule has 0 aliphatic heterocycles. The van der Waals surface area contributed by atoms with Gasteiger partial charge in [-0.05, 0) is 122 Å². The molecule has 0 aromatic carbocycles. The second kappa shape index (κ2) is 49.0. The highest BCUT2D eigenvalue weighted by Crippen LogP contribution is 2.22. The molecule has 12 heteroatoms. The van der Waals surface area contributed by atoms with Gasteiger partial charge in [0.1, 0.15) is 25.4 Å². The van der Waals surface area contributed by atoms with E-state index in [4.69, 9.17) is 28.4 Å². The summed E-state index contributed by atoms with van der Waals surface area (Å²) in [6.45, 7) is 17.0. The average molecular weight is 984 g/mol. The standard InChI is InChI=1S/C57H110N2O10/c1-9-15-21-27-36-52(38-29-40-54(60)66-48-50(32-23-17-11-3)33-24-18-12-4)68-56(62)64-46-44-59(43-31-42-58(7)8)45-47-65-57(63)69-53(37-28-22-16-10-2)39-30-41-55(61)67-49-51(34-25-19-13-5)35-26-20-14-6/h50-53H,9-49H2,1-8H3. The molecule has 0 aliphatic rings. The summed E-state index contributed by atoms with van der Waals surface area (Å²) < 4.78 is 34.5. The Morgan fingerprint density at radius 2 is 0.696 bits per heavy atom. The summed E-state index contributed by atoms with van der Waals surface area (Å²) in [5.74, 6) is 0.513. The number of ether oxygens (including phenoxy) is 6. The van der Waals surface area contributed by atoms with Crippen molar-refractivity contribution in [1.82, 2.24) is 9.80 Å². The molecule has 0 amide bonds. The van der Waals surface area contributed by atoms with E-state index in [-0.39, 0.29) is 37.4 Å². The fourth-order valence-electron chi connectivity index (χ4n) is 8.79. The van der Waals surface area contributed by atoms with Crippen molar-refractivity contribution in [3.8, 4) is 0 Å². The lowest BCUT2D eigenvalue weighted by molar-refractivity contribution is -0.146. The molecule has 0 saturated heterocycles. The summed E-state index contributed by atoms with van der Waals surface area (Å²) in [6.07, 6.45) is 30.6. The maximum Gasteiger partial charge on any atom is 0.508 e. The third-order valence-corrected chi connectivity index (χ3v) is 13.3. The van der Waals surface area contributed by atoms with Gasteiger partial charge in [-0.15, -0.1) is 0 Å². The first-order chi connectivity index (χ1) is 33.5. The molecule has 2 atom stereocenters. The van der Waals surface area contributed by atoms with E-state index >= 15 is 0 Å². The van der Waals surface area contributed by atoms with Crippen LogP contribution >= 0.6 is 0 Å². The van der Waals surface area contributed by atoms with E-state index in [0.29, 0.717) is 76.7 Å². The Hall–Kier alpha value is -2.60. The van der Waals surface area contributed by atoms with Gasteiger partial charge >= 0.3 is 24.2 Å². The van der Waals surface area contributed by atoms with Gasteiger partial charge in [0.2, 0.25) is 0 Å². The molecular weight excluding hydrogens is 873 g/mol. The topological polar surface area (TPSA) is 130 Å². The van der Waals surface area contributed by atoms with E-state index in [0.717, 1.165) is 109 Å². The van der Waals surface area contributed by atoms with Gasteiger partial charge in [-0.2, -0.15) is 0 Å². The SMILES string of the molecule is CCCCCCC(CCCC(=O)OCC(CCCCC)CCCCC)OC(=O)OCCN(CCCN(C)C)CCOC(=O)OC(CCCCCC)CCCC(=O)OCC(CCCCC)CCCCC. The maximum absolute atomic E-state index is 13.0. The quantitative estimate of drug-likeness (QED) is 0.0327. The molecule has 0 aromatic rings. The van der Waals surface area contributed by atoms with Crippen molar-refractivity contribution < 1.29 is 47.6 Å². The summed E-state index contributed by atoms with van der Waals surface area (Å²) >= 11 is 0. The van der Waals surface area contributed by atoms with Crippen molar-refractivity contribution in [2.75, 3.05) is 66.7 Å². The van der Waals surface area contributed by atoms with Gasteiger partial charge < -0.3 is 33.3 Å². The molecule has 408 valence electrons. The molecule has 0 radical (unpaired) electrons. The summed E-state index contributed by atoms with van der Waals surface area (Å²) in [4.78, 5) is 55.9. The van der Waals surface area contributed by atoms with Crippen LogP contribution in [0.4, 0.5) is 9.59 Å². The average Bonchev–Trinajstić information content (AvgIpc) is 3.32. The highest BCUT2D eigenvalue weighted by molar-refractivity contribution is 5.69. The van der Waals surface area contributed by atoms with Gasteiger partial charge in [-0.1, -0.05) is 157 Å². The Labute approximate surface area is 424 Å². The minimum absolute atomic E-state index is 0.137. The third-order valence-electron chi connectivity index (χ3n) is 13.3. The maximum atomic E-state index is 13.0. The first-order valence-electron chi connectivity index (χ1n) is 28.9. The predicted octanol–water partition coefficient (Wildman–Crippen LogP) is 15.2. The summed E-state index contributed by atoms with van der Waals surface area (Å²) in [5.41, 5.74) is 0. The number of carbonyl (C=O) groups excluding carboxylic acids is 4. The van der Waals surface area contributed by atoms with E-state index in [1.807, 2.05) is 14.1 Å². The molecule has 0 saturated carbocycles. The normalized spacial score (nSPS) is 12.5. The summed E-state index contributed by atoms with van der Waals surface area (Å²) in [5, 5.41) is 0. The zero-order valence-corrected chi connectivity index (χ0v) is 46.3. The van der Waals surface area contributed by atoms with Crippen molar-refractivity contribution in [2.24, 2.45) is 11.8 Å². The lowest BCUT2D eigenvalue weighted by atomic mass is 9.96. The first-order valence-corrected chi connectivity index (χ1v) is 28.9. The number of carbonyl (C=O) groups is 4. The molecule has 69 heavy (non-hydrogen) atoms. The van der Waals surface area contributed by atoms with Crippen molar-refractivity contribution in [2.45, 2.75) is 266 Å². The molecule has 0 aromatic heterocycles. The molecule has 0 heterocycles. The van der Waals surface area contributed by atoms with Gasteiger partial charge in [0.15, 0.2) is 0 Å². The lowest BCUT2D eigenvalue weighted by Crippen LogP contribution is -2.34. The van der Waals surface area contributed by atoms with E-state index in [1.165, 1.54) is 77.0 Å². The Kier molecular flexibility index (Phi) is 47.2. The van der Waals surface area contributed by atoms with Crippen LogP contribution in [0, 0.1) is 11.8 Å². The third kappa shape index (κ3) is 43.9. The van der Waals surface area contributed by atoms with Crippen LogP contribution in [0.2, 0.25) is 0 Å². The van der Waals surface area contributed by atoms with Gasteiger partial charge in [0, 0.05) is 25.9 Å². The number of rotatable bonds is 50. The highest BCUT2D eigenvalue weighted by Gasteiger charge is 2.21. The van der Waals surface area contributed by atoms with Crippen LogP contribution in [0.5, 0.6) is 0 Å². The molecule has 0 aliphatic carbocycles. The first kappa shape index (κ1) is 66.4. The Morgan fingerprint density at radius 3 is 1.04 bits per heavy atom. The largest absolute Gasteiger partial charge is 0.508 e. The monoisotopic (exact) mass is 983 g/mol. The molecule has 2 unspecified atom stereocenters. The number of hydrogen-bond donors (Lipinski definition) is 0. The smallest absolute Gasteiger partial charge is 0.465 e. The van der Waals surface area contributed by atoms with Crippen molar-refractivity contribution in [3.05, 3.63) is 0 Å². The van der Waals surface area contributed by atoms with Crippen molar-refractivity contribution in [1.29, 1.82) is 0 Å². The van der Waals surface area contributed by atoms with Crippen molar-refractivity contribution in [3.63, 3.8) is 0 Å². The fraction of sp³-hybridized carbons (Fsp3) is 0.930. The lowest BCUT2D eigenvalue weighted by Gasteiger charge is -2.23. The van der Waals surface area contributed by atoms with Gasteiger partial charge in [-0.25, -0.2) is 9.59 Å². The number of unbranched alkanes of at least 4 members (excludes halogenated alkanes) is 14. The zero-order valence-electron chi connectivity index (χ0n) is 46.3. The minimum Gasteiger partial charge on any atom is -0.465 e.